The van der Waals surface area contributed by atoms with Crippen LogP contribution in [0.3, 0.4) is 0 Å². The number of rotatable bonds is 5. The summed E-state index contributed by atoms with van der Waals surface area (Å²) in [6.07, 6.45) is 8.93. The van der Waals surface area contributed by atoms with Gasteiger partial charge in [-0.1, -0.05) is 0 Å². The third-order valence-corrected chi connectivity index (χ3v) is 4.76. The van der Waals surface area contributed by atoms with Crippen LogP contribution in [0.25, 0.3) is 0 Å². The molecule has 128 valence electrons. The van der Waals surface area contributed by atoms with Gasteiger partial charge in [0.2, 0.25) is 0 Å². The summed E-state index contributed by atoms with van der Waals surface area (Å²) in [5, 5.41) is 4.31. The first kappa shape index (κ1) is 16.5. The van der Waals surface area contributed by atoms with Crippen molar-refractivity contribution in [3.63, 3.8) is 0 Å². The first-order valence-electron chi connectivity index (χ1n) is 8.75. The molecule has 1 aromatic rings. The van der Waals surface area contributed by atoms with Gasteiger partial charge in [0.1, 0.15) is 6.10 Å². The molecule has 6 heteroatoms. The summed E-state index contributed by atoms with van der Waals surface area (Å²) in [5.41, 5.74) is 0. The Labute approximate surface area is 137 Å². The third kappa shape index (κ3) is 4.32. The summed E-state index contributed by atoms with van der Waals surface area (Å²) >= 11 is 0. The zero-order valence-corrected chi connectivity index (χ0v) is 13.9. The highest BCUT2D eigenvalue weighted by Gasteiger charge is 2.28. The molecule has 0 radical (unpaired) electrons. The van der Waals surface area contributed by atoms with Crippen molar-refractivity contribution in [3.05, 3.63) is 18.5 Å². The highest BCUT2D eigenvalue weighted by atomic mass is 16.5. The number of likely N-dealkylation sites (tertiary alicyclic amines) is 1. The fraction of sp³-hybridized carbons (Fsp3) is 0.765. The second kappa shape index (κ2) is 7.93. The SMILES string of the molecule is C[C@H](OC[C@H]1CCCCO1)C(=O)N1CCC[C@H](n2cccn2)C1. The summed E-state index contributed by atoms with van der Waals surface area (Å²) in [5.74, 6) is 0.0812. The molecule has 0 saturated carbocycles. The van der Waals surface area contributed by atoms with Gasteiger partial charge in [-0.15, -0.1) is 0 Å². The highest BCUT2D eigenvalue weighted by Crippen LogP contribution is 2.21. The van der Waals surface area contributed by atoms with E-state index in [0.717, 1.165) is 38.8 Å². The lowest BCUT2D eigenvalue weighted by Gasteiger charge is -2.34. The minimum Gasteiger partial charge on any atom is -0.376 e. The van der Waals surface area contributed by atoms with Gasteiger partial charge in [-0.2, -0.15) is 5.10 Å². The average Bonchev–Trinajstić information content (AvgIpc) is 3.15. The van der Waals surface area contributed by atoms with Crippen LogP contribution in [-0.4, -0.2) is 59.1 Å². The fourth-order valence-electron chi connectivity index (χ4n) is 3.39. The Balaban J connectivity index is 1.48. The molecule has 1 amide bonds. The van der Waals surface area contributed by atoms with Gasteiger partial charge in [-0.3, -0.25) is 9.48 Å². The van der Waals surface area contributed by atoms with Crippen LogP contribution < -0.4 is 0 Å². The quantitative estimate of drug-likeness (QED) is 0.832. The van der Waals surface area contributed by atoms with Crippen LogP contribution in [0.4, 0.5) is 0 Å². The second-order valence-electron chi connectivity index (χ2n) is 6.53. The maximum absolute atomic E-state index is 12.6. The van der Waals surface area contributed by atoms with Crippen molar-refractivity contribution in [2.24, 2.45) is 0 Å². The number of carbonyl (C=O) groups excluding carboxylic acids is 1. The number of hydrogen-bond acceptors (Lipinski definition) is 4. The fourth-order valence-corrected chi connectivity index (χ4v) is 3.39. The first-order chi connectivity index (χ1) is 11.2. The number of hydrogen-bond donors (Lipinski definition) is 0. The number of nitrogens with zero attached hydrogens (tertiary/aromatic N) is 3. The van der Waals surface area contributed by atoms with Crippen LogP contribution in [0.15, 0.2) is 18.5 Å². The summed E-state index contributed by atoms with van der Waals surface area (Å²) in [7, 11) is 0. The third-order valence-electron chi connectivity index (χ3n) is 4.76. The Kier molecular flexibility index (Phi) is 5.67. The molecule has 2 saturated heterocycles. The van der Waals surface area contributed by atoms with Crippen molar-refractivity contribution < 1.29 is 14.3 Å². The van der Waals surface area contributed by atoms with Gasteiger partial charge < -0.3 is 14.4 Å². The molecule has 3 atom stereocenters. The molecule has 3 rings (SSSR count). The van der Waals surface area contributed by atoms with Gasteiger partial charge in [-0.25, -0.2) is 0 Å². The zero-order chi connectivity index (χ0) is 16.1. The zero-order valence-electron chi connectivity index (χ0n) is 13.9. The van der Waals surface area contributed by atoms with Crippen molar-refractivity contribution in [2.45, 2.75) is 57.3 Å². The van der Waals surface area contributed by atoms with E-state index in [2.05, 4.69) is 5.10 Å². The monoisotopic (exact) mass is 321 g/mol. The molecule has 0 N–H and O–H groups in total. The number of piperidine rings is 1. The molecule has 2 aliphatic rings. The van der Waals surface area contributed by atoms with Gasteiger partial charge in [-0.05, 0) is 45.1 Å². The van der Waals surface area contributed by atoms with E-state index in [1.807, 2.05) is 28.8 Å². The van der Waals surface area contributed by atoms with Crippen LogP contribution in [0.1, 0.15) is 45.1 Å². The van der Waals surface area contributed by atoms with Crippen LogP contribution in [0.2, 0.25) is 0 Å². The van der Waals surface area contributed by atoms with Crippen LogP contribution in [0, 0.1) is 0 Å². The van der Waals surface area contributed by atoms with E-state index in [0.29, 0.717) is 13.2 Å². The predicted molar refractivity (Wildman–Crippen MR) is 86.1 cm³/mol. The maximum atomic E-state index is 12.6. The molecule has 2 fully saturated rings. The Morgan fingerprint density at radius 2 is 2.30 bits per heavy atom. The molecule has 0 bridgehead atoms. The molecule has 3 heterocycles. The molecule has 0 aromatic carbocycles. The topological polar surface area (TPSA) is 56.6 Å². The number of amides is 1. The molecular weight excluding hydrogens is 294 g/mol. The molecule has 6 nitrogen and oxygen atoms in total. The minimum atomic E-state index is -0.406. The van der Waals surface area contributed by atoms with Gasteiger partial charge >= 0.3 is 0 Å². The summed E-state index contributed by atoms with van der Waals surface area (Å²) in [6.45, 7) is 4.71. The average molecular weight is 321 g/mol. The van der Waals surface area contributed by atoms with E-state index in [9.17, 15) is 4.79 Å². The standard InChI is InChI=1S/C17H27N3O3/c1-14(23-13-16-7-2-3-11-22-16)17(21)19-9-4-6-15(12-19)20-10-5-8-18-20/h5,8,10,14-16H,2-4,6-7,9,11-13H2,1H3/t14-,15-,16+/m0/s1. The molecule has 0 aliphatic carbocycles. The largest absolute Gasteiger partial charge is 0.376 e. The number of aromatic nitrogens is 2. The molecule has 1 aromatic heterocycles. The molecule has 23 heavy (non-hydrogen) atoms. The summed E-state index contributed by atoms with van der Waals surface area (Å²) in [6, 6.07) is 2.20. The van der Waals surface area contributed by atoms with Gasteiger partial charge in [0, 0.05) is 32.1 Å². The van der Waals surface area contributed by atoms with E-state index >= 15 is 0 Å². The van der Waals surface area contributed by atoms with Crippen molar-refractivity contribution in [1.29, 1.82) is 0 Å². The van der Waals surface area contributed by atoms with E-state index in [1.54, 1.807) is 6.20 Å². The van der Waals surface area contributed by atoms with E-state index in [-0.39, 0.29) is 18.1 Å². The molecular formula is C17H27N3O3. The van der Waals surface area contributed by atoms with E-state index < -0.39 is 6.10 Å². The van der Waals surface area contributed by atoms with Crippen LogP contribution in [0.5, 0.6) is 0 Å². The lowest BCUT2D eigenvalue weighted by molar-refractivity contribution is -0.147. The maximum Gasteiger partial charge on any atom is 0.251 e. The van der Waals surface area contributed by atoms with Gasteiger partial charge in [0.05, 0.1) is 18.8 Å². The van der Waals surface area contributed by atoms with E-state index in [4.69, 9.17) is 9.47 Å². The molecule has 2 aliphatic heterocycles. The molecule has 0 unspecified atom stereocenters. The Hall–Kier alpha value is -1.40. The Morgan fingerprint density at radius 3 is 3.04 bits per heavy atom. The Bertz CT molecular complexity index is 485. The lowest BCUT2D eigenvalue weighted by Crippen LogP contribution is -2.46. The van der Waals surface area contributed by atoms with Gasteiger partial charge in [0.15, 0.2) is 0 Å². The number of ether oxygens (including phenoxy) is 2. The summed E-state index contributed by atoms with van der Waals surface area (Å²) < 4.78 is 13.4. The predicted octanol–water partition coefficient (Wildman–Crippen LogP) is 2.02. The van der Waals surface area contributed by atoms with Crippen LogP contribution in [-0.2, 0) is 14.3 Å². The number of carbonyl (C=O) groups is 1. The van der Waals surface area contributed by atoms with Crippen molar-refractivity contribution in [3.8, 4) is 0 Å². The highest BCUT2D eigenvalue weighted by molar-refractivity contribution is 5.80. The van der Waals surface area contributed by atoms with Crippen molar-refractivity contribution in [2.75, 3.05) is 26.3 Å². The normalized spacial score (nSPS) is 26.9. The minimum absolute atomic E-state index is 0.0812. The summed E-state index contributed by atoms with van der Waals surface area (Å²) in [4.78, 5) is 14.5. The first-order valence-corrected chi connectivity index (χ1v) is 8.75. The van der Waals surface area contributed by atoms with Crippen molar-refractivity contribution >= 4 is 5.91 Å². The van der Waals surface area contributed by atoms with E-state index in [1.165, 1.54) is 6.42 Å². The van der Waals surface area contributed by atoms with Crippen LogP contribution >= 0.6 is 0 Å². The lowest BCUT2D eigenvalue weighted by atomic mass is 10.1. The smallest absolute Gasteiger partial charge is 0.251 e. The van der Waals surface area contributed by atoms with Crippen molar-refractivity contribution in [1.82, 2.24) is 14.7 Å². The second-order valence-corrected chi connectivity index (χ2v) is 6.53. The Morgan fingerprint density at radius 1 is 1.39 bits per heavy atom. The van der Waals surface area contributed by atoms with Gasteiger partial charge in [0.25, 0.3) is 5.91 Å². The molecule has 0 spiro atoms.